The van der Waals surface area contributed by atoms with Gasteiger partial charge in [-0.15, -0.1) is 0 Å². The molecule has 1 aromatic rings. The van der Waals surface area contributed by atoms with Crippen molar-refractivity contribution in [3.8, 4) is 0 Å². The minimum atomic E-state index is 0.629. The predicted molar refractivity (Wildman–Crippen MR) is 51.6 cm³/mol. The van der Waals surface area contributed by atoms with E-state index < -0.39 is 0 Å². The topological polar surface area (TPSA) is 51.0 Å². The molecule has 0 amide bonds. The van der Waals surface area contributed by atoms with Gasteiger partial charge in [-0.25, -0.2) is 0 Å². The number of rotatable bonds is 3. The summed E-state index contributed by atoms with van der Waals surface area (Å²) in [5, 5.41) is 7.23. The number of hydrogen-bond donors (Lipinski definition) is 1. The number of aromatic nitrogens is 2. The van der Waals surface area contributed by atoms with Gasteiger partial charge in [0.05, 0.1) is 6.54 Å². The van der Waals surface area contributed by atoms with Crippen molar-refractivity contribution in [1.82, 2.24) is 15.5 Å². The zero-order chi connectivity index (χ0) is 9.10. The van der Waals surface area contributed by atoms with Crippen LogP contribution in [0.5, 0.6) is 0 Å². The molecule has 72 valence electrons. The number of nitrogens with one attached hydrogen (secondary N) is 1. The van der Waals surface area contributed by atoms with Crippen molar-refractivity contribution < 1.29 is 4.52 Å². The molecule has 1 aliphatic rings. The highest BCUT2D eigenvalue weighted by atomic mass is 32.2. The summed E-state index contributed by atoms with van der Waals surface area (Å²) in [6.45, 7) is 2.53. The van der Waals surface area contributed by atoms with Gasteiger partial charge in [0.25, 0.3) is 0 Å². The van der Waals surface area contributed by atoms with E-state index in [0.29, 0.717) is 11.9 Å². The lowest BCUT2D eigenvalue weighted by molar-refractivity contribution is 0.384. The molecule has 0 saturated carbocycles. The van der Waals surface area contributed by atoms with Crippen LogP contribution in [0, 0.1) is 6.92 Å². The number of hydrogen-bond acceptors (Lipinski definition) is 5. The SMILES string of the molecule is Cc1nc(CNC2CCSC2)no1. The molecular weight excluding hydrogens is 186 g/mol. The van der Waals surface area contributed by atoms with E-state index in [9.17, 15) is 0 Å². The van der Waals surface area contributed by atoms with Crippen molar-refractivity contribution in [3.63, 3.8) is 0 Å². The van der Waals surface area contributed by atoms with Crippen LogP contribution in [0.4, 0.5) is 0 Å². The van der Waals surface area contributed by atoms with Crippen LogP contribution in [0.25, 0.3) is 0 Å². The fourth-order valence-corrected chi connectivity index (χ4v) is 2.53. The monoisotopic (exact) mass is 199 g/mol. The van der Waals surface area contributed by atoms with Crippen molar-refractivity contribution in [2.45, 2.75) is 25.9 Å². The van der Waals surface area contributed by atoms with E-state index in [1.54, 1.807) is 0 Å². The molecule has 0 spiro atoms. The van der Waals surface area contributed by atoms with E-state index in [4.69, 9.17) is 4.52 Å². The van der Waals surface area contributed by atoms with Gasteiger partial charge in [0.1, 0.15) is 0 Å². The van der Waals surface area contributed by atoms with Gasteiger partial charge in [-0.2, -0.15) is 16.7 Å². The van der Waals surface area contributed by atoms with Gasteiger partial charge in [0.2, 0.25) is 5.89 Å². The highest BCUT2D eigenvalue weighted by Gasteiger charge is 2.15. The second kappa shape index (κ2) is 4.11. The average molecular weight is 199 g/mol. The van der Waals surface area contributed by atoms with E-state index in [1.807, 2.05) is 18.7 Å². The van der Waals surface area contributed by atoms with Gasteiger partial charge < -0.3 is 9.84 Å². The standard InChI is InChI=1S/C8H13N3OS/c1-6-10-8(11-12-6)4-9-7-2-3-13-5-7/h7,9H,2-5H2,1H3. The fourth-order valence-electron chi connectivity index (χ4n) is 1.34. The van der Waals surface area contributed by atoms with Gasteiger partial charge in [-0.05, 0) is 12.2 Å². The summed E-state index contributed by atoms with van der Waals surface area (Å²) in [6, 6.07) is 0.629. The molecule has 1 fully saturated rings. The van der Waals surface area contributed by atoms with Gasteiger partial charge in [-0.3, -0.25) is 0 Å². The van der Waals surface area contributed by atoms with Crippen LogP contribution >= 0.6 is 11.8 Å². The first kappa shape index (κ1) is 9.02. The maximum Gasteiger partial charge on any atom is 0.223 e. The third kappa shape index (κ3) is 2.45. The van der Waals surface area contributed by atoms with Crippen LogP contribution in [0.2, 0.25) is 0 Å². The lowest BCUT2D eigenvalue weighted by Gasteiger charge is -2.07. The molecule has 0 aromatic carbocycles. The van der Waals surface area contributed by atoms with Crippen LogP contribution in [0.15, 0.2) is 4.52 Å². The normalized spacial score (nSPS) is 22.4. The molecular formula is C8H13N3OS. The first-order chi connectivity index (χ1) is 6.34. The largest absolute Gasteiger partial charge is 0.340 e. The van der Waals surface area contributed by atoms with Crippen LogP contribution in [0.3, 0.4) is 0 Å². The lowest BCUT2D eigenvalue weighted by atomic mass is 10.2. The van der Waals surface area contributed by atoms with Crippen molar-refractivity contribution in [2.75, 3.05) is 11.5 Å². The lowest BCUT2D eigenvalue weighted by Crippen LogP contribution is -2.28. The Morgan fingerprint density at radius 1 is 1.69 bits per heavy atom. The molecule has 13 heavy (non-hydrogen) atoms. The fraction of sp³-hybridized carbons (Fsp3) is 0.750. The molecule has 2 rings (SSSR count). The van der Waals surface area contributed by atoms with E-state index in [-0.39, 0.29) is 0 Å². The second-order valence-electron chi connectivity index (χ2n) is 3.17. The Hall–Kier alpha value is -0.550. The summed E-state index contributed by atoms with van der Waals surface area (Å²) >= 11 is 2.00. The maximum absolute atomic E-state index is 4.87. The third-order valence-corrected chi connectivity index (χ3v) is 3.21. The van der Waals surface area contributed by atoms with Crippen LogP contribution in [0.1, 0.15) is 18.1 Å². The van der Waals surface area contributed by atoms with Crippen molar-refractivity contribution in [3.05, 3.63) is 11.7 Å². The zero-order valence-electron chi connectivity index (χ0n) is 7.62. The smallest absolute Gasteiger partial charge is 0.223 e. The zero-order valence-corrected chi connectivity index (χ0v) is 8.43. The molecule has 1 saturated heterocycles. The van der Waals surface area contributed by atoms with Gasteiger partial charge >= 0.3 is 0 Å². The van der Waals surface area contributed by atoms with Crippen LogP contribution in [-0.4, -0.2) is 27.7 Å². The summed E-state index contributed by atoms with van der Waals surface area (Å²) in [7, 11) is 0. The molecule has 1 N–H and O–H groups in total. The molecule has 0 radical (unpaired) electrons. The average Bonchev–Trinajstić information content (AvgIpc) is 2.71. The number of thioether (sulfide) groups is 1. The Morgan fingerprint density at radius 2 is 2.62 bits per heavy atom. The third-order valence-electron chi connectivity index (χ3n) is 2.05. The Bertz CT molecular complexity index is 270. The first-order valence-corrected chi connectivity index (χ1v) is 5.60. The van der Waals surface area contributed by atoms with Crippen molar-refractivity contribution in [2.24, 2.45) is 0 Å². The Kier molecular flexibility index (Phi) is 2.85. The quantitative estimate of drug-likeness (QED) is 0.786. The van der Waals surface area contributed by atoms with Crippen LogP contribution < -0.4 is 5.32 Å². The molecule has 1 atom stereocenters. The number of aryl methyl sites for hydroxylation is 1. The first-order valence-electron chi connectivity index (χ1n) is 4.45. The molecule has 0 aliphatic carbocycles. The summed E-state index contributed by atoms with van der Waals surface area (Å²) < 4.78 is 4.87. The summed E-state index contributed by atoms with van der Waals surface area (Å²) in [4.78, 5) is 4.12. The molecule has 1 aromatic heterocycles. The molecule has 1 unspecified atom stereocenters. The van der Waals surface area contributed by atoms with Crippen molar-refractivity contribution in [1.29, 1.82) is 0 Å². The van der Waals surface area contributed by atoms with Gasteiger partial charge in [-0.1, -0.05) is 5.16 Å². The Labute approximate surface area is 81.5 Å². The Balaban J connectivity index is 1.78. The van der Waals surface area contributed by atoms with Gasteiger partial charge in [0.15, 0.2) is 5.82 Å². The molecule has 5 heteroatoms. The summed E-state index contributed by atoms with van der Waals surface area (Å²) in [5.41, 5.74) is 0. The Morgan fingerprint density at radius 3 is 3.23 bits per heavy atom. The highest BCUT2D eigenvalue weighted by molar-refractivity contribution is 7.99. The number of nitrogens with zero attached hydrogens (tertiary/aromatic N) is 2. The van der Waals surface area contributed by atoms with E-state index >= 15 is 0 Å². The van der Waals surface area contributed by atoms with Crippen LogP contribution in [-0.2, 0) is 6.54 Å². The summed E-state index contributed by atoms with van der Waals surface area (Å²) in [5.74, 6) is 3.87. The summed E-state index contributed by atoms with van der Waals surface area (Å²) in [6.07, 6.45) is 1.25. The minimum Gasteiger partial charge on any atom is -0.340 e. The molecule has 4 nitrogen and oxygen atoms in total. The highest BCUT2D eigenvalue weighted by Crippen LogP contribution is 2.17. The van der Waals surface area contributed by atoms with E-state index in [2.05, 4.69) is 15.5 Å². The molecule has 0 bridgehead atoms. The van der Waals surface area contributed by atoms with Crippen molar-refractivity contribution >= 4 is 11.8 Å². The van der Waals surface area contributed by atoms with E-state index in [0.717, 1.165) is 12.4 Å². The van der Waals surface area contributed by atoms with Gasteiger partial charge in [0, 0.05) is 18.7 Å². The molecule has 1 aliphatic heterocycles. The second-order valence-corrected chi connectivity index (χ2v) is 4.32. The maximum atomic E-state index is 4.87. The predicted octanol–water partition coefficient (Wildman–Crippen LogP) is 0.973. The van der Waals surface area contributed by atoms with E-state index in [1.165, 1.54) is 17.9 Å². The molecule has 2 heterocycles. The minimum absolute atomic E-state index is 0.629.